The minimum Gasteiger partial charge on any atom is -0.450 e. The molecule has 0 fully saturated rings. The summed E-state index contributed by atoms with van der Waals surface area (Å²) in [5.74, 6) is 0.0383. The van der Waals surface area contributed by atoms with Gasteiger partial charge in [0.05, 0.1) is 0 Å². The number of carbonyl (C=O) groups is 1. The van der Waals surface area contributed by atoms with Crippen LogP contribution < -0.4 is 0 Å². The van der Waals surface area contributed by atoms with E-state index in [1.54, 1.807) is 43.5 Å². The first-order valence-electron chi connectivity index (χ1n) is 5.98. The summed E-state index contributed by atoms with van der Waals surface area (Å²) in [7, 11) is 1.62. The fourth-order valence-electron chi connectivity index (χ4n) is 1.66. The van der Waals surface area contributed by atoms with Crippen LogP contribution in [-0.2, 0) is 11.3 Å². The maximum Gasteiger partial charge on any atom is 0.246 e. The van der Waals surface area contributed by atoms with Gasteiger partial charge in [0.2, 0.25) is 5.91 Å². The van der Waals surface area contributed by atoms with Gasteiger partial charge in [-0.15, -0.1) is 0 Å². The van der Waals surface area contributed by atoms with E-state index in [1.165, 1.54) is 17.0 Å². The molecule has 0 N–H and O–H groups in total. The predicted octanol–water partition coefficient (Wildman–Crippen LogP) is 3.85. The molecule has 1 amide bonds. The molecule has 0 radical (unpaired) electrons. The first-order chi connectivity index (χ1) is 9.56. The highest BCUT2D eigenvalue weighted by atomic mass is 79.9. The van der Waals surface area contributed by atoms with Crippen LogP contribution in [0.3, 0.4) is 0 Å². The zero-order valence-corrected chi connectivity index (χ0v) is 12.4. The van der Waals surface area contributed by atoms with Crippen molar-refractivity contribution >= 4 is 27.9 Å². The van der Waals surface area contributed by atoms with Gasteiger partial charge in [0, 0.05) is 25.2 Å². The number of amides is 1. The van der Waals surface area contributed by atoms with Gasteiger partial charge >= 0.3 is 0 Å². The lowest BCUT2D eigenvalue weighted by Gasteiger charge is -2.15. The monoisotopic (exact) mass is 337 g/mol. The van der Waals surface area contributed by atoms with Crippen LogP contribution in [0.25, 0.3) is 6.08 Å². The SMILES string of the molecule is CN(Cc1ccccc1F)C(=O)/C=C/c1ccc(Br)o1. The van der Waals surface area contributed by atoms with E-state index in [-0.39, 0.29) is 18.3 Å². The largest absolute Gasteiger partial charge is 0.450 e. The van der Waals surface area contributed by atoms with Crippen molar-refractivity contribution in [1.29, 1.82) is 0 Å². The molecule has 1 aromatic heterocycles. The Hall–Kier alpha value is -1.88. The predicted molar refractivity (Wildman–Crippen MR) is 78.3 cm³/mol. The second-order valence-electron chi connectivity index (χ2n) is 4.26. The van der Waals surface area contributed by atoms with Gasteiger partial charge in [-0.25, -0.2) is 4.39 Å². The van der Waals surface area contributed by atoms with E-state index in [0.717, 1.165) is 0 Å². The molecule has 1 heterocycles. The molecule has 0 spiro atoms. The molecule has 0 saturated carbocycles. The molecule has 1 aromatic carbocycles. The van der Waals surface area contributed by atoms with Crippen molar-refractivity contribution in [2.24, 2.45) is 0 Å². The molecule has 104 valence electrons. The molecule has 0 unspecified atom stereocenters. The summed E-state index contributed by atoms with van der Waals surface area (Å²) < 4.78 is 19.3. The molecule has 2 rings (SSSR count). The van der Waals surface area contributed by atoms with Crippen molar-refractivity contribution in [3.63, 3.8) is 0 Å². The number of nitrogens with zero attached hydrogens (tertiary/aromatic N) is 1. The number of halogens is 2. The summed E-state index contributed by atoms with van der Waals surface area (Å²) >= 11 is 3.18. The van der Waals surface area contributed by atoms with Gasteiger partial charge in [-0.3, -0.25) is 4.79 Å². The first kappa shape index (κ1) is 14.5. The van der Waals surface area contributed by atoms with Crippen molar-refractivity contribution in [2.75, 3.05) is 7.05 Å². The van der Waals surface area contributed by atoms with Gasteiger partial charge < -0.3 is 9.32 Å². The normalized spacial score (nSPS) is 10.9. The van der Waals surface area contributed by atoms with Gasteiger partial charge in [-0.1, -0.05) is 18.2 Å². The lowest BCUT2D eigenvalue weighted by atomic mass is 10.2. The average molecular weight is 338 g/mol. The molecule has 0 aliphatic heterocycles. The number of furan rings is 1. The summed E-state index contributed by atoms with van der Waals surface area (Å²) in [4.78, 5) is 13.3. The zero-order chi connectivity index (χ0) is 14.5. The Labute approximate surface area is 124 Å². The van der Waals surface area contributed by atoms with Gasteiger partial charge in [0.15, 0.2) is 4.67 Å². The van der Waals surface area contributed by atoms with Crippen LogP contribution in [-0.4, -0.2) is 17.9 Å². The van der Waals surface area contributed by atoms with Crippen molar-refractivity contribution < 1.29 is 13.6 Å². The third-order valence-electron chi connectivity index (χ3n) is 2.73. The van der Waals surface area contributed by atoms with Crippen molar-refractivity contribution in [2.45, 2.75) is 6.54 Å². The van der Waals surface area contributed by atoms with E-state index in [2.05, 4.69) is 15.9 Å². The van der Waals surface area contributed by atoms with Crippen LogP contribution in [0.4, 0.5) is 4.39 Å². The molecule has 20 heavy (non-hydrogen) atoms. The maximum absolute atomic E-state index is 13.5. The number of carbonyl (C=O) groups excluding carboxylic acids is 1. The average Bonchev–Trinajstić information content (AvgIpc) is 2.84. The molecule has 0 atom stereocenters. The van der Waals surface area contributed by atoms with Crippen LogP contribution in [0, 0.1) is 5.82 Å². The van der Waals surface area contributed by atoms with Crippen LogP contribution in [0.5, 0.6) is 0 Å². The summed E-state index contributed by atoms with van der Waals surface area (Å²) in [6.45, 7) is 0.220. The summed E-state index contributed by atoms with van der Waals surface area (Å²) in [5.41, 5.74) is 0.484. The topological polar surface area (TPSA) is 33.5 Å². The Morgan fingerprint density at radius 2 is 2.10 bits per heavy atom. The smallest absolute Gasteiger partial charge is 0.246 e. The molecule has 2 aromatic rings. The van der Waals surface area contributed by atoms with Crippen molar-refractivity contribution in [1.82, 2.24) is 4.90 Å². The zero-order valence-electron chi connectivity index (χ0n) is 10.8. The van der Waals surface area contributed by atoms with Crippen LogP contribution in [0.1, 0.15) is 11.3 Å². The Balaban J connectivity index is 1.99. The summed E-state index contributed by atoms with van der Waals surface area (Å²) in [6.07, 6.45) is 2.97. The van der Waals surface area contributed by atoms with E-state index in [9.17, 15) is 9.18 Å². The quantitative estimate of drug-likeness (QED) is 0.794. The van der Waals surface area contributed by atoms with Crippen LogP contribution >= 0.6 is 15.9 Å². The fraction of sp³-hybridized carbons (Fsp3) is 0.133. The molecular weight excluding hydrogens is 325 g/mol. The Kier molecular flexibility index (Phi) is 4.74. The number of likely N-dealkylation sites (N-methyl/N-ethyl adjacent to an activating group) is 1. The summed E-state index contributed by atoms with van der Waals surface area (Å²) in [6, 6.07) is 9.89. The van der Waals surface area contributed by atoms with Gasteiger partial charge in [-0.2, -0.15) is 0 Å². The lowest BCUT2D eigenvalue weighted by molar-refractivity contribution is -0.125. The minimum atomic E-state index is -0.314. The van der Waals surface area contributed by atoms with Crippen molar-refractivity contribution in [3.05, 3.63) is 64.3 Å². The molecule has 3 nitrogen and oxygen atoms in total. The van der Waals surface area contributed by atoms with Crippen LogP contribution in [0.2, 0.25) is 0 Å². The highest BCUT2D eigenvalue weighted by Gasteiger charge is 2.09. The van der Waals surface area contributed by atoms with Gasteiger partial charge in [0.1, 0.15) is 11.6 Å². The highest BCUT2D eigenvalue weighted by Crippen LogP contribution is 2.15. The minimum absolute atomic E-state index is 0.220. The third kappa shape index (κ3) is 3.81. The van der Waals surface area contributed by atoms with E-state index in [0.29, 0.717) is 16.0 Å². The van der Waals surface area contributed by atoms with E-state index in [1.807, 2.05) is 0 Å². The van der Waals surface area contributed by atoms with Crippen molar-refractivity contribution in [3.8, 4) is 0 Å². The van der Waals surface area contributed by atoms with E-state index in [4.69, 9.17) is 4.42 Å². The molecular formula is C15H13BrFNO2. The second-order valence-corrected chi connectivity index (χ2v) is 5.04. The number of hydrogen-bond donors (Lipinski definition) is 0. The number of benzene rings is 1. The second kappa shape index (κ2) is 6.52. The molecule has 0 aliphatic carbocycles. The summed E-state index contributed by atoms with van der Waals surface area (Å²) in [5, 5.41) is 0. The molecule has 0 saturated heterocycles. The maximum atomic E-state index is 13.5. The highest BCUT2D eigenvalue weighted by molar-refractivity contribution is 9.10. The fourth-order valence-corrected chi connectivity index (χ4v) is 1.98. The first-order valence-corrected chi connectivity index (χ1v) is 6.77. The number of rotatable bonds is 4. The third-order valence-corrected chi connectivity index (χ3v) is 3.15. The number of hydrogen-bond acceptors (Lipinski definition) is 2. The van der Waals surface area contributed by atoms with Gasteiger partial charge in [-0.05, 0) is 40.2 Å². The molecule has 0 aliphatic rings. The van der Waals surface area contributed by atoms with Crippen LogP contribution in [0.15, 0.2) is 51.6 Å². The Morgan fingerprint density at radius 1 is 1.35 bits per heavy atom. The van der Waals surface area contributed by atoms with Gasteiger partial charge in [0.25, 0.3) is 0 Å². The standard InChI is InChI=1S/C15H13BrFNO2/c1-18(10-11-4-2-3-5-13(11)17)15(19)9-7-12-6-8-14(16)20-12/h2-9H,10H2,1H3/b9-7+. The lowest BCUT2D eigenvalue weighted by Crippen LogP contribution is -2.24. The van der Waals surface area contributed by atoms with E-state index >= 15 is 0 Å². The molecule has 5 heteroatoms. The Morgan fingerprint density at radius 3 is 2.75 bits per heavy atom. The molecule has 0 bridgehead atoms. The van der Waals surface area contributed by atoms with E-state index < -0.39 is 0 Å². The Bertz CT molecular complexity index is 636.